The van der Waals surface area contributed by atoms with Crippen LogP contribution in [-0.4, -0.2) is 45.9 Å². The van der Waals surface area contributed by atoms with Gasteiger partial charge in [0.2, 0.25) is 0 Å². The van der Waals surface area contributed by atoms with Gasteiger partial charge in [-0.15, -0.1) is 24.0 Å². The van der Waals surface area contributed by atoms with Crippen LogP contribution in [0.2, 0.25) is 0 Å². The Hall–Kier alpha value is -2.00. The van der Waals surface area contributed by atoms with E-state index in [1.165, 1.54) is 11.1 Å². The first kappa shape index (κ1) is 24.3. The average Bonchev–Trinajstić information content (AvgIpc) is 3.24. The van der Waals surface area contributed by atoms with E-state index in [9.17, 15) is 0 Å². The molecule has 2 N–H and O–H groups in total. The summed E-state index contributed by atoms with van der Waals surface area (Å²) in [4.78, 5) is 6.77. The van der Waals surface area contributed by atoms with Gasteiger partial charge in [-0.2, -0.15) is 0 Å². The molecular weight excluding hydrogens is 491 g/mol. The number of hydrogen-bond acceptors (Lipinski definition) is 4. The summed E-state index contributed by atoms with van der Waals surface area (Å²) in [6.45, 7) is 5.99. The minimum atomic E-state index is 0. The van der Waals surface area contributed by atoms with Crippen molar-refractivity contribution in [3.63, 3.8) is 0 Å². The van der Waals surface area contributed by atoms with Gasteiger partial charge >= 0.3 is 0 Å². The van der Waals surface area contributed by atoms with Crippen molar-refractivity contribution >= 4 is 35.6 Å². The highest BCUT2D eigenvalue weighted by atomic mass is 127. The molecule has 0 aliphatic carbocycles. The summed E-state index contributed by atoms with van der Waals surface area (Å²) in [6, 6.07) is 16.9. The van der Waals surface area contributed by atoms with Crippen LogP contribution < -0.4 is 20.3 Å². The molecule has 1 atom stereocenters. The standard InChI is InChI=1S/C23H32N4O2.HI/c1-4-29-17-19-10-6-5-9-18(19)15-25-23(24-2)26-20-13-14-27(16-20)21-11-7-8-12-22(21)28-3;/h5-12,20H,4,13-17H2,1-3H3,(H2,24,25,26);1H. The molecule has 0 bridgehead atoms. The lowest BCUT2D eigenvalue weighted by Crippen LogP contribution is -2.44. The van der Waals surface area contributed by atoms with E-state index in [0.29, 0.717) is 19.2 Å². The van der Waals surface area contributed by atoms with Gasteiger partial charge in [-0.1, -0.05) is 36.4 Å². The maximum absolute atomic E-state index is 5.58. The zero-order valence-corrected chi connectivity index (χ0v) is 20.4. The van der Waals surface area contributed by atoms with Crippen molar-refractivity contribution < 1.29 is 9.47 Å². The number of anilines is 1. The second-order valence-corrected chi connectivity index (χ2v) is 7.08. The maximum Gasteiger partial charge on any atom is 0.191 e. The summed E-state index contributed by atoms with van der Waals surface area (Å²) in [5.74, 6) is 1.74. The third-order valence-corrected chi connectivity index (χ3v) is 5.20. The lowest BCUT2D eigenvalue weighted by Gasteiger charge is -2.22. The zero-order valence-electron chi connectivity index (χ0n) is 18.1. The molecule has 7 heteroatoms. The van der Waals surface area contributed by atoms with E-state index in [1.807, 2.05) is 26.1 Å². The van der Waals surface area contributed by atoms with Crippen LogP contribution >= 0.6 is 24.0 Å². The van der Waals surface area contributed by atoms with Crippen LogP contribution in [0.5, 0.6) is 5.75 Å². The molecule has 1 heterocycles. The Balaban J connectivity index is 0.00000320. The third-order valence-electron chi connectivity index (χ3n) is 5.20. The van der Waals surface area contributed by atoms with E-state index in [4.69, 9.17) is 9.47 Å². The number of nitrogens with zero attached hydrogens (tertiary/aromatic N) is 2. The van der Waals surface area contributed by atoms with Crippen LogP contribution in [0.25, 0.3) is 0 Å². The molecule has 0 aromatic heterocycles. The first-order valence-corrected chi connectivity index (χ1v) is 10.2. The molecule has 2 aromatic rings. The fourth-order valence-corrected chi connectivity index (χ4v) is 3.64. The fourth-order valence-electron chi connectivity index (χ4n) is 3.64. The second kappa shape index (κ2) is 12.6. The zero-order chi connectivity index (χ0) is 20.5. The minimum absolute atomic E-state index is 0. The number of para-hydroxylation sites is 2. The Kier molecular flexibility index (Phi) is 10.2. The molecule has 1 saturated heterocycles. The first-order valence-electron chi connectivity index (χ1n) is 10.2. The smallest absolute Gasteiger partial charge is 0.191 e. The number of benzene rings is 2. The molecule has 1 fully saturated rings. The van der Waals surface area contributed by atoms with E-state index < -0.39 is 0 Å². The van der Waals surface area contributed by atoms with Gasteiger partial charge in [0.25, 0.3) is 0 Å². The number of methoxy groups -OCH3 is 1. The van der Waals surface area contributed by atoms with E-state index in [1.54, 1.807) is 7.11 Å². The van der Waals surface area contributed by atoms with E-state index in [-0.39, 0.29) is 24.0 Å². The Morgan fingerprint density at radius 2 is 1.87 bits per heavy atom. The molecule has 1 unspecified atom stereocenters. The Labute approximate surface area is 197 Å². The van der Waals surface area contributed by atoms with E-state index in [0.717, 1.165) is 43.5 Å². The molecule has 0 amide bonds. The van der Waals surface area contributed by atoms with Gasteiger partial charge < -0.3 is 25.0 Å². The highest BCUT2D eigenvalue weighted by Gasteiger charge is 2.25. The lowest BCUT2D eigenvalue weighted by atomic mass is 10.1. The summed E-state index contributed by atoms with van der Waals surface area (Å²) in [6.07, 6.45) is 1.06. The highest BCUT2D eigenvalue weighted by molar-refractivity contribution is 14.0. The number of aliphatic imine (C=N–C) groups is 1. The summed E-state index contributed by atoms with van der Waals surface area (Å²) < 4.78 is 11.1. The van der Waals surface area contributed by atoms with Gasteiger partial charge in [0.15, 0.2) is 5.96 Å². The summed E-state index contributed by atoms with van der Waals surface area (Å²) >= 11 is 0. The van der Waals surface area contributed by atoms with Gasteiger partial charge in [-0.25, -0.2) is 0 Å². The molecule has 2 aromatic carbocycles. The topological polar surface area (TPSA) is 58.1 Å². The van der Waals surface area contributed by atoms with Crippen molar-refractivity contribution in [2.45, 2.75) is 32.5 Å². The fraction of sp³-hybridized carbons (Fsp3) is 0.435. The monoisotopic (exact) mass is 524 g/mol. The highest BCUT2D eigenvalue weighted by Crippen LogP contribution is 2.30. The van der Waals surface area contributed by atoms with Crippen molar-refractivity contribution in [3.8, 4) is 5.75 Å². The SMILES string of the molecule is CCOCc1ccccc1CNC(=NC)NC1CCN(c2ccccc2OC)C1.I. The van der Waals surface area contributed by atoms with Crippen molar-refractivity contribution in [2.24, 2.45) is 4.99 Å². The Bertz CT molecular complexity index is 815. The molecule has 1 aliphatic heterocycles. The molecule has 3 rings (SSSR count). The van der Waals surface area contributed by atoms with Crippen molar-refractivity contribution in [3.05, 3.63) is 59.7 Å². The predicted molar refractivity (Wildman–Crippen MR) is 134 cm³/mol. The van der Waals surface area contributed by atoms with E-state index in [2.05, 4.69) is 56.9 Å². The van der Waals surface area contributed by atoms with Crippen LogP contribution in [0, 0.1) is 0 Å². The van der Waals surface area contributed by atoms with Gasteiger partial charge in [0.1, 0.15) is 5.75 Å². The van der Waals surface area contributed by atoms with Crippen molar-refractivity contribution in [2.75, 3.05) is 38.8 Å². The molecule has 30 heavy (non-hydrogen) atoms. The number of hydrogen-bond donors (Lipinski definition) is 2. The van der Waals surface area contributed by atoms with E-state index >= 15 is 0 Å². The Morgan fingerprint density at radius 1 is 1.13 bits per heavy atom. The van der Waals surface area contributed by atoms with Crippen molar-refractivity contribution in [1.82, 2.24) is 10.6 Å². The summed E-state index contributed by atoms with van der Waals surface area (Å²) in [5.41, 5.74) is 3.58. The quantitative estimate of drug-likeness (QED) is 0.313. The van der Waals surface area contributed by atoms with Crippen LogP contribution in [0.1, 0.15) is 24.5 Å². The molecule has 0 spiro atoms. The molecule has 0 saturated carbocycles. The number of rotatable bonds is 8. The molecular formula is C23H33IN4O2. The van der Waals surface area contributed by atoms with Gasteiger partial charge in [0, 0.05) is 39.3 Å². The summed E-state index contributed by atoms with van der Waals surface area (Å²) in [5, 5.41) is 7.01. The third kappa shape index (κ3) is 6.50. The lowest BCUT2D eigenvalue weighted by molar-refractivity contribution is 0.133. The van der Waals surface area contributed by atoms with Gasteiger partial charge in [-0.05, 0) is 36.6 Å². The first-order chi connectivity index (χ1) is 14.2. The maximum atomic E-state index is 5.58. The number of ether oxygens (including phenoxy) is 2. The molecule has 0 radical (unpaired) electrons. The largest absolute Gasteiger partial charge is 0.495 e. The van der Waals surface area contributed by atoms with Crippen molar-refractivity contribution in [1.29, 1.82) is 0 Å². The van der Waals surface area contributed by atoms with Gasteiger partial charge in [-0.3, -0.25) is 4.99 Å². The van der Waals surface area contributed by atoms with Gasteiger partial charge in [0.05, 0.1) is 19.4 Å². The molecule has 1 aliphatic rings. The molecule has 164 valence electrons. The van der Waals surface area contributed by atoms with Crippen LogP contribution in [0.15, 0.2) is 53.5 Å². The second-order valence-electron chi connectivity index (χ2n) is 7.08. The summed E-state index contributed by atoms with van der Waals surface area (Å²) in [7, 11) is 3.54. The van der Waals surface area contributed by atoms with Crippen LogP contribution in [0.4, 0.5) is 5.69 Å². The number of nitrogens with one attached hydrogen (secondary N) is 2. The molecule has 6 nitrogen and oxygen atoms in total. The average molecular weight is 524 g/mol. The number of guanidine groups is 1. The number of halogens is 1. The Morgan fingerprint density at radius 3 is 2.60 bits per heavy atom. The normalized spacial score (nSPS) is 16.2. The minimum Gasteiger partial charge on any atom is -0.495 e. The van der Waals surface area contributed by atoms with Crippen LogP contribution in [0.3, 0.4) is 0 Å². The van der Waals surface area contributed by atoms with Crippen LogP contribution in [-0.2, 0) is 17.9 Å². The predicted octanol–water partition coefficient (Wildman–Crippen LogP) is 3.79.